The average molecular weight is 404 g/mol. The van der Waals surface area contributed by atoms with E-state index in [1.165, 1.54) is 6.07 Å². The second-order valence-electron chi connectivity index (χ2n) is 7.20. The van der Waals surface area contributed by atoms with Gasteiger partial charge in [-0.3, -0.25) is 19.9 Å². The first-order valence-electron chi connectivity index (χ1n) is 9.71. The van der Waals surface area contributed by atoms with Crippen molar-refractivity contribution in [2.45, 2.75) is 25.8 Å². The van der Waals surface area contributed by atoms with Gasteiger partial charge in [0.2, 0.25) is 5.95 Å². The molecule has 0 amide bonds. The van der Waals surface area contributed by atoms with Gasteiger partial charge in [-0.05, 0) is 31.9 Å². The molecule has 0 aliphatic carbocycles. The highest BCUT2D eigenvalue weighted by molar-refractivity contribution is 5.55. The largest absolute Gasteiger partial charge is 0.358 e. The number of nitrogens with zero attached hydrogens (tertiary/aromatic N) is 5. The summed E-state index contributed by atoms with van der Waals surface area (Å²) in [6, 6.07) is 10.7. The molecule has 0 saturated carbocycles. The first-order valence-corrected chi connectivity index (χ1v) is 9.71. The molecule has 10 nitrogen and oxygen atoms in total. The third kappa shape index (κ3) is 3.54. The van der Waals surface area contributed by atoms with Crippen molar-refractivity contribution in [2.24, 2.45) is 0 Å². The van der Waals surface area contributed by atoms with E-state index in [2.05, 4.69) is 35.6 Å². The monoisotopic (exact) mass is 404 g/mol. The molecule has 0 aromatic carbocycles. The molecule has 1 atom stereocenters. The molecular weight excluding hydrogens is 384 g/mol. The van der Waals surface area contributed by atoms with Crippen molar-refractivity contribution in [3.8, 4) is 11.4 Å². The highest BCUT2D eigenvalue weighted by Gasteiger charge is 2.31. The number of nitrogens with one attached hydrogen (secondary N) is 3. The third-order valence-electron chi connectivity index (χ3n) is 5.00. The van der Waals surface area contributed by atoms with Gasteiger partial charge < -0.3 is 14.7 Å². The summed E-state index contributed by atoms with van der Waals surface area (Å²) < 4.78 is 5.63. The van der Waals surface area contributed by atoms with E-state index in [0.717, 1.165) is 36.5 Å². The lowest BCUT2D eigenvalue weighted by Gasteiger charge is -2.23. The van der Waals surface area contributed by atoms with Crippen LogP contribution in [0.25, 0.3) is 11.4 Å². The highest BCUT2D eigenvalue weighted by atomic mass is 16.5. The summed E-state index contributed by atoms with van der Waals surface area (Å²) in [7, 11) is 0. The van der Waals surface area contributed by atoms with Crippen LogP contribution in [-0.2, 0) is 0 Å². The fraction of sp³-hybridized carbons (Fsp3) is 0.250. The van der Waals surface area contributed by atoms with Crippen molar-refractivity contribution in [3.63, 3.8) is 0 Å². The molecule has 10 heteroatoms. The molecule has 3 N–H and O–H groups in total. The molecule has 4 aromatic rings. The minimum atomic E-state index is -0.243. The van der Waals surface area contributed by atoms with Crippen LogP contribution in [-0.4, -0.2) is 36.9 Å². The topological polar surface area (TPSA) is 129 Å². The molecule has 5 rings (SSSR count). The SMILES string of the molecule is Cc1cc(Nc2cc(=O)[nH]c(N3CCC[C@H]3c3cc(-c4ccccn4)no3)n2)n[nH]1. The first kappa shape index (κ1) is 18.1. The maximum absolute atomic E-state index is 12.3. The number of aryl methyl sites for hydroxylation is 1. The van der Waals surface area contributed by atoms with E-state index >= 15 is 0 Å². The van der Waals surface area contributed by atoms with Gasteiger partial charge in [0.1, 0.15) is 11.5 Å². The molecule has 1 aliphatic rings. The van der Waals surface area contributed by atoms with Crippen LogP contribution in [0.4, 0.5) is 17.6 Å². The molecule has 1 aliphatic heterocycles. The van der Waals surface area contributed by atoms with E-state index in [0.29, 0.717) is 23.3 Å². The molecule has 0 unspecified atom stereocenters. The number of aromatic amines is 2. The van der Waals surface area contributed by atoms with E-state index in [4.69, 9.17) is 4.52 Å². The molecule has 0 radical (unpaired) electrons. The Balaban J connectivity index is 1.42. The quantitative estimate of drug-likeness (QED) is 0.463. The predicted octanol–water partition coefficient (Wildman–Crippen LogP) is 2.94. The average Bonchev–Trinajstić information content (AvgIpc) is 3.48. The van der Waals surface area contributed by atoms with Gasteiger partial charge >= 0.3 is 0 Å². The lowest BCUT2D eigenvalue weighted by Crippen LogP contribution is -2.27. The van der Waals surface area contributed by atoms with E-state index in [1.54, 1.807) is 6.20 Å². The van der Waals surface area contributed by atoms with Crippen LogP contribution in [0.2, 0.25) is 0 Å². The maximum atomic E-state index is 12.3. The van der Waals surface area contributed by atoms with Crippen LogP contribution in [0.3, 0.4) is 0 Å². The zero-order valence-corrected chi connectivity index (χ0v) is 16.3. The van der Waals surface area contributed by atoms with Crippen molar-refractivity contribution in [1.82, 2.24) is 30.3 Å². The molecule has 1 fully saturated rings. The third-order valence-corrected chi connectivity index (χ3v) is 5.00. The normalized spacial score (nSPS) is 16.2. The molecule has 0 bridgehead atoms. The van der Waals surface area contributed by atoms with Gasteiger partial charge in [-0.15, -0.1) is 0 Å². The molecule has 30 heavy (non-hydrogen) atoms. The maximum Gasteiger partial charge on any atom is 0.254 e. The summed E-state index contributed by atoms with van der Waals surface area (Å²) in [6.07, 6.45) is 3.54. The predicted molar refractivity (Wildman–Crippen MR) is 111 cm³/mol. The van der Waals surface area contributed by atoms with Crippen molar-refractivity contribution < 1.29 is 4.52 Å². The van der Waals surface area contributed by atoms with Gasteiger partial charge in [-0.2, -0.15) is 10.1 Å². The van der Waals surface area contributed by atoms with Crippen molar-refractivity contribution in [3.05, 3.63) is 64.4 Å². The summed E-state index contributed by atoms with van der Waals surface area (Å²) in [4.78, 5) is 26.0. The lowest BCUT2D eigenvalue weighted by atomic mass is 10.1. The van der Waals surface area contributed by atoms with Crippen LogP contribution >= 0.6 is 0 Å². The van der Waals surface area contributed by atoms with Crippen molar-refractivity contribution in [2.75, 3.05) is 16.8 Å². The van der Waals surface area contributed by atoms with Crippen LogP contribution in [0.1, 0.15) is 30.3 Å². The summed E-state index contributed by atoms with van der Waals surface area (Å²) >= 11 is 0. The van der Waals surface area contributed by atoms with E-state index in [-0.39, 0.29) is 11.6 Å². The number of anilines is 3. The van der Waals surface area contributed by atoms with E-state index < -0.39 is 0 Å². The summed E-state index contributed by atoms with van der Waals surface area (Å²) in [6.45, 7) is 2.65. The summed E-state index contributed by atoms with van der Waals surface area (Å²) in [5.41, 5.74) is 2.11. The molecule has 4 aromatic heterocycles. The molecular formula is C20H20N8O2. The fourth-order valence-electron chi connectivity index (χ4n) is 3.66. The van der Waals surface area contributed by atoms with Gasteiger partial charge in [-0.1, -0.05) is 11.2 Å². The number of hydrogen-bond donors (Lipinski definition) is 3. The second-order valence-corrected chi connectivity index (χ2v) is 7.20. The van der Waals surface area contributed by atoms with E-state index in [1.807, 2.05) is 42.2 Å². The van der Waals surface area contributed by atoms with Gasteiger partial charge in [0.25, 0.3) is 5.56 Å². The number of hydrogen-bond acceptors (Lipinski definition) is 8. The number of rotatable bonds is 5. The van der Waals surface area contributed by atoms with Crippen LogP contribution in [0.15, 0.2) is 51.9 Å². The zero-order valence-electron chi connectivity index (χ0n) is 16.3. The van der Waals surface area contributed by atoms with Crippen molar-refractivity contribution in [1.29, 1.82) is 0 Å². The molecule has 152 valence electrons. The first-order chi connectivity index (χ1) is 14.7. The Morgan fingerprint density at radius 2 is 2.13 bits per heavy atom. The van der Waals surface area contributed by atoms with Gasteiger partial charge in [0.05, 0.1) is 11.7 Å². The number of H-pyrrole nitrogens is 2. The van der Waals surface area contributed by atoms with Crippen LogP contribution in [0, 0.1) is 6.92 Å². The molecule has 0 spiro atoms. The summed E-state index contributed by atoms with van der Waals surface area (Å²) in [5.74, 6) is 2.23. The Hall–Kier alpha value is -3.95. The number of pyridine rings is 1. The Bertz CT molecular complexity index is 1210. The van der Waals surface area contributed by atoms with Crippen LogP contribution < -0.4 is 15.8 Å². The Morgan fingerprint density at radius 3 is 2.93 bits per heavy atom. The highest BCUT2D eigenvalue weighted by Crippen LogP contribution is 2.35. The van der Waals surface area contributed by atoms with Gasteiger partial charge in [0, 0.05) is 36.6 Å². The molecule has 1 saturated heterocycles. The Morgan fingerprint density at radius 1 is 1.20 bits per heavy atom. The number of aromatic nitrogens is 6. The molecule has 5 heterocycles. The smallest absolute Gasteiger partial charge is 0.254 e. The minimum absolute atomic E-state index is 0.0685. The van der Waals surface area contributed by atoms with Crippen LogP contribution in [0.5, 0.6) is 0 Å². The standard InChI is InChI=1S/C20H20N8O2/c1-12-9-18(26-25-12)22-17-11-19(29)24-20(23-17)28-8-4-6-15(28)16-10-14(27-30-16)13-5-2-3-7-21-13/h2-3,5,7,9-11,15H,4,6,8H2,1H3,(H3,22,23,24,25,26,29)/t15-/m0/s1. The van der Waals surface area contributed by atoms with E-state index in [9.17, 15) is 4.79 Å². The van der Waals surface area contributed by atoms with Gasteiger partial charge in [0.15, 0.2) is 11.6 Å². The zero-order chi connectivity index (χ0) is 20.5. The van der Waals surface area contributed by atoms with Gasteiger partial charge in [-0.25, -0.2) is 0 Å². The van der Waals surface area contributed by atoms with Crippen molar-refractivity contribution >= 4 is 17.6 Å². The minimum Gasteiger partial charge on any atom is -0.358 e. The fourth-order valence-corrected chi connectivity index (χ4v) is 3.66. The second kappa shape index (κ2) is 7.47. The Labute approximate surface area is 171 Å². The lowest BCUT2D eigenvalue weighted by molar-refractivity contribution is 0.362. The summed E-state index contributed by atoms with van der Waals surface area (Å²) in [5, 5.41) is 14.2. The Kier molecular flexibility index (Phi) is 4.51.